The molecule has 0 aliphatic heterocycles. The van der Waals surface area contributed by atoms with E-state index in [4.69, 9.17) is 5.11 Å². The summed E-state index contributed by atoms with van der Waals surface area (Å²) in [7, 11) is -3.87. The van der Waals surface area contributed by atoms with Crippen LogP contribution >= 0.6 is 0 Å². The van der Waals surface area contributed by atoms with E-state index in [0.29, 0.717) is 12.8 Å². The summed E-state index contributed by atoms with van der Waals surface area (Å²) in [5.41, 5.74) is -0.833. The van der Waals surface area contributed by atoms with Gasteiger partial charge in [-0.25, -0.2) is 13.1 Å². The monoisotopic (exact) mass is 311 g/mol. The number of ether oxygens (including phenoxy) is 1. The summed E-state index contributed by atoms with van der Waals surface area (Å²) >= 11 is 0. The fourth-order valence-electron chi connectivity index (χ4n) is 1.61. The van der Waals surface area contributed by atoms with Gasteiger partial charge in [0.05, 0.1) is 17.0 Å². The first-order chi connectivity index (χ1) is 9.16. The number of aliphatic hydroxyl groups is 1. The Balaban J connectivity index is 2.13. The summed E-state index contributed by atoms with van der Waals surface area (Å²) in [6, 6.07) is 3.86. The fraction of sp³-hybridized carbons (Fsp3) is 0.455. The van der Waals surface area contributed by atoms with Crippen LogP contribution in [-0.2, 0) is 10.0 Å². The molecule has 112 valence electrons. The molecule has 0 aromatic heterocycles. The van der Waals surface area contributed by atoms with Crippen LogP contribution in [0.15, 0.2) is 29.2 Å². The molecule has 1 aliphatic carbocycles. The fourth-order valence-corrected chi connectivity index (χ4v) is 3.06. The average Bonchev–Trinajstić information content (AvgIpc) is 3.07. The van der Waals surface area contributed by atoms with Crippen LogP contribution in [0.1, 0.15) is 12.8 Å². The van der Waals surface area contributed by atoms with Crippen molar-refractivity contribution in [3.05, 3.63) is 24.3 Å². The molecule has 0 spiro atoms. The van der Waals surface area contributed by atoms with E-state index in [1.165, 1.54) is 0 Å². The lowest BCUT2D eigenvalue weighted by atomic mass is 10.3. The van der Waals surface area contributed by atoms with Crippen LogP contribution in [0.4, 0.5) is 13.2 Å². The summed E-state index contributed by atoms with van der Waals surface area (Å²) in [5.74, 6) is -0.500. The molecule has 0 heterocycles. The van der Waals surface area contributed by atoms with Crippen molar-refractivity contribution in [3.8, 4) is 5.75 Å². The Bertz CT molecular complexity index is 579. The quantitative estimate of drug-likeness (QED) is 0.861. The maximum Gasteiger partial charge on any atom is 0.573 e. The van der Waals surface area contributed by atoms with E-state index < -0.39 is 27.7 Å². The number of halogens is 3. The molecule has 2 rings (SSSR count). The summed E-state index contributed by atoms with van der Waals surface area (Å²) < 4.78 is 65.8. The van der Waals surface area contributed by atoms with Gasteiger partial charge in [0, 0.05) is 0 Å². The Kier molecular flexibility index (Phi) is 3.69. The molecule has 2 N–H and O–H groups in total. The highest BCUT2D eigenvalue weighted by atomic mass is 32.2. The molecule has 0 radical (unpaired) electrons. The SMILES string of the molecule is O=S(=O)(NC1(CO)CC1)c1ccc(OC(F)(F)F)cc1. The maximum absolute atomic E-state index is 12.0. The van der Waals surface area contributed by atoms with Crippen LogP contribution in [0.2, 0.25) is 0 Å². The largest absolute Gasteiger partial charge is 0.573 e. The lowest BCUT2D eigenvalue weighted by Gasteiger charge is -2.15. The molecule has 0 atom stereocenters. The Morgan fingerprint density at radius 2 is 1.80 bits per heavy atom. The molecule has 1 aromatic rings. The third kappa shape index (κ3) is 3.62. The van der Waals surface area contributed by atoms with Crippen LogP contribution in [0, 0.1) is 0 Å². The van der Waals surface area contributed by atoms with Crippen LogP contribution in [-0.4, -0.2) is 32.0 Å². The van der Waals surface area contributed by atoms with Gasteiger partial charge in [0.2, 0.25) is 10.0 Å². The van der Waals surface area contributed by atoms with Crippen molar-refractivity contribution < 1.29 is 31.4 Å². The molecule has 0 saturated heterocycles. The number of alkyl halides is 3. The summed E-state index contributed by atoms with van der Waals surface area (Å²) in [6.07, 6.45) is -3.77. The molecule has 20 heavy (non-hydrogen) atoms. The van der Waals surface area contributed by atoms with Crippen LogP contribution in [0.3, 0.4) is 0 Å². The minimum absolute atomic E-state index is 0.188. The average molecular weight is 311 g/mol. The van der Waals surface area contributed by atoms with E-state index in [-0.39, 0.29) is 11.5 Å². The zero-order valence-electron chi connectivity index (χ0n) is 10.1. The first-order valence-corrected chi connectivity index (χ1v) is 7.15. The van der Waals surface area contributed by atoms with Gasteiger partial charge in [-0.05, 0) is 37.1 Å². The standard InChI is InChI=1S/C11H12F3NO4S/c12-11(13,14)19-8-1-3-9(4-2-8)20(17,18)15-10(7-16)5-6-10/h1-4,15-16H,5-7H2. The Morgan fingerprint density at radius 1 is 1.25 bits per heavy atom. The minimum Gasteiger partial charge on any atom is -0.406 e. The van der Waals surface area contributed by atoms with E-state index in [9.17, 15) is 21.6 Å². The van der Waals surface area contributed by atoms with E-state index in [0.717, 1.165) is 24.3 Å². The van der Waals surface area contributed by atoms with Gasteiger partial charge in [-0.3, -0.25) is 0 Å². The smallest absolute Gasteiger partial charge is 0.406 e. The van der Waals surface area contributed by atoms with Crippen LogP contribution in [0.25, 0.3) is 0 Å². The topological polar surface area (TPSA) is 75.6 Å². The van der Waals surface area contributed by atoms with Gasteiger partial charge in [-0.15, -0.1) is 13.2 Å². The number of hydrogen-bond acceptors (Lipinski definition) is 4. The lowest BCUT2D eigenvalue weighted by Crippen LogP contribution is -2.39. The van der Waals surface area contributed by atoms with E-state index in [2.05, 4.69) is 9.46 Å². The van der Waals surface area contributed by atoms with Gasteiger partial charge in [0.15, 0.2) is 0 Å². The number of nitrogens with one attached hydrogen (secondary N) is 1. The molecule has 1 fully saturated rings. The van der Waals surface area contributed by atoms with Gasteiger partial charge in [-0.2, -0.15) is 0 Å². The first-order valence-electron chi connectivity index (χ1n) is 5.67. The number of sulfonamides is 1. The number of hydrogen-bond donors (Lipinski definition) is 2. The zero-order valence-corrected chi connectivity index (χ0v) is 11.0. The second-order valence-electron chi connectivity index (χ2n) is 4.56. The Hall–Kier alpha value is -1.32. The molecule has 0 amide bonds. The molecule has 0 unspecified atom stereocenters. The third-order valence-electron chi connectivity index (χ3n) is 2.87. The molecule has 0 bridgehead atoms. The normalized spacial score (nSPS) is 17.8. The van der Waals surface area contributed by atoms with Crippen LogP contribution in [0.5, 0.6) is 5.75 Å². The molecule has 5 nitrogen and oxygen atoms in total. The van der Waals surface area contributed by atoms with Crippen molar-refractivity contribution in [1.29, 1.82) is 0 Å². The van der Waals surface area contributed by atoms with Gasteiger partial charge in [-0.1, -0.05) is 0 Å². The van der Waals surface area contributed by atoms with Gasteiger partial charge >= 0.3 is 6.36 Å². The summed E-state index contributed by atoms with van der Waals surface area (Å²) in [6.45, 7) is -0.318. The van der Waals surface area contributed by atoms with Crippen molar-refractivity contribution in [2.45, 2.75) is 29.6 Å². The van der Waals surface area contributed by atoms with Crippen molar-refractivity contribution in [2.24, 2.45) is 0 Å². The van der Waals surface area contributed by atoms with Crippen molar-refractivity contribution in [2.75, 3.05) is 6.61 Å². The summed E-state index contributed by atoms with van der Waals surface area (Å²) in [5, 5.41) is 9.07. The number of rotatable bonds is 5. The second kappa shape index (κ2) is 4.90. The van der Waals surface area contributed by atoms with Gasteiger partial charge in [0.25, 0.3) is 0 Å². The predicted octanol–water partition coefficient (Wildman–Crippen LogP) is 1.39. The van der Waals surface area contributed by atoms with Crippen molar-refractivity contribution in [3.63, 3.8) is 0 Å². The zero-order chi connectivity index (χ0) is 15.0. The Morgan fingerprint density at radius 3 is 2.20 bits per heavy atom. The second-order valence-corrected chi connectivity index (χ2v) is 6.25. The van der Waals surface area contributed by atoms with Gasteiger partial charge in [0.1, 0.15) is 5.75 Å². The molecule has 1 aliphatic rings. The molecule has 1 aromatic carbocycles. The molecule has 1 saturated carbocycles. The predicted molar refractivity (Wildman–Crippen MR) is 62.5 cm³/mol. The Labute approximate surface area is 113 Å². The third-order valence-corrected chi connectivity index (χ3v) is 4.47. The number of aliphatic hydroxyl groups excluding tert-OH is 1. The highest BCUT2D eigenvalue weighted by Gasteiger charge is 2.45. The minimum atomic E-state index is -4.83. The summed E-state index contributed by atoms with van der Waals surface area (Å²) in [4.78, 5) is -0.188. The van der Waals surface area contributed by atoms with E-state index >= 15 is 0 Å². The highest BCUT2D eigenvalue weighted by molar-refractivity contribution is 7.89. The first kappa shape index (κ1) is 15.1. The molecular weight excluding hydrogens is 299 g/mol. The van der Waals surface area contributed by atoms with E-state index in [1.54, 1.807) is 0 Å². The lowest BCUT2D eigenvalue weighted by molar-refractivity contribution is -0.274. The van der Waals surface area contributed by atoms with Crippen LogP contribution < -0.4 is 9.46 Å². The maximum atomic E-state index is 12.0. The van der Waals surface area contributed by atoms with Gasteiger partial charge < -0.3 is 9.84 Å². The van der Waals surface area contributed by atoms with Crippen molar-refractivity contribution >= 4 is 10.0 Å². The van der Waals surface area contributed by atoms with E-state index in [1.807, 2.05) is 0 Å². The number of benzene rings is 1. The highest BCUT2D eigenvalue weighted by Crippen LogP contribution is 2.36. The molecular formula is C11H12F3NO4S. The molecule has 9 heteroatoms. The van der Waals surface area contributed by atoms with Crippen molar-refractivity contribution in [1.82, 2.24) is 4.72 Å².